The number of aromatic nitrogens is 2. The summed E-state index contributed by atoms with van der Waals surface area (Å²) in [6, 6.07) is 4.64. The van der Waals surface area contributed by atoms with Crippen molar-refractivity contribution in [3.05, 3.63) is 29.5 Å². The molecule has 2 aromatic rings. The summed E-state index contributed by atoms with van der Waals surface area (Å²) in [5.74, 6) is 1.68. The zero-order chi connectivity index (χ0) is 22.8. The van der Waals surface area contributed by atoms with Gasteiger partial charge in [0.15, 0.2) is 5.13 Å². The Kier molecular flexibility index (Phi) is 6.82. The third kappa shape index (κ3) is 5.84. The minimum atomic E-state index is -0.163. The van der Waals surface area contributed by atoms with E-state index in [1.54, 1.807) is 11.3 Å². The van der Waals surface area contributed by atoms with Crippen LogP contribution in [0.25, 0.3) is 6.08 Å². The quantitative estimate of drug-likeness (QED) is 0.502. The van der Waals surface area contributed by atoms with Crippen LogP contribution in [0.5, 0.6) is 0 Å². The Morgan fingerprint density at radius 1 is 1.12 bits per heavy atom. The molecule has 2 atom stereocenters. The van der Waals surface area contributed by atoms with Crippen molar-refractivity contribution in [1.82, 2.24) is 14.9 Å². The van der Waals surface area contributed by atoms with Crippen molar-refractivity contribution in [2.24, 2.45) is 0 Å². The molecule has 8 nitrogen and oxygen atoms in total. The van der Waals surface area contributed by atoms with Gasteiger partial charge in [-0.3, -0.25) is 4.90 Å². The van der Waals surface area contributed by atoms with Crippen LogP contribution in [0, 0.1) is 0 Å². The summed E-state index contributed by atoms with van der Waals surface area (Å²) in [5, 5.41) is 22.2. The van der Waals surface area contributed by atoms with Gasteiger partial charge in [-0.05, 0) is 63.3 Å². The standard InChI is InChI=1S/C24H34N6O2S/c1-15-12-30(13-16(2)32-15)14-17-10-21(26-18-5-7-19(31)8-6-18)28-22(11-17)29-24-27-20-4-3-9-25-23(20)33-24/h3-4,10-11,15-16,18-19,25,31H,5-9,12-14H2,1-2H3,(H2,26,27,28,29). The molecule has 5 rings (SSSR count). The normalized spacial score (nSPS) is 27.6. The largest absolute Gasteiger partial charge is 0.393 e. The van der Waals surface area contributed by atoms with Crippen LogP contribution in [0.15, 0.2) is 18.2 Å². The van der Waals surface area contributed by atoms with Crippen LogP contribution < -0.4 is 16.0 Å². The number of fused-ring (bicyclic) bond motifs is 1. The maximum absolute atomic E-state index is 9.86. The molecule has 0 bridgehead atoms. The Hall–Kier alpha value is -2.20. The van der Waals surface area contributed by atoms with Gasteiger partial charge < -0.3 is 25.8 Å². The lowest BCUT2D eigenvalue weighted by Crippen LogP contribution is -2.44. The fraction of sp³-hybridized carbons (Fsp3) is 0.583. The van der Waals surface area contributed by atoms with Crippen molar-refractivity contribution in [3.8, 4) is 0 Å². The topological polar surface area (TPSA) is 94.6 Å². The first kappa shape index (κ1) is 22.6. The van der Waals surface area contributed by atoms with Gasteiger partial charge in [0.2, 0.25) is 0 Å². The van der Waals surface area contributed by atoms with E-state index < -0.39 is 0 Å². The predicted molar refractivity (Wildman–Crippen MR) is 134 cm³/mol. The molecule has 9 heteroatoms. The second kappa shape index (κ2) is 9.97. The van der Waals surface area contributed by atoms with Crippen LogP contribution in [0.2, 0.25) is 0 Å². The number of nitrogens with zero attached hydrogens (tertiary/aromatic N) is 3. The molecule has 0 amide bonds. The molecule has 0 radical (unpaired) electrons. The van der Waals surface area contributed by atoms with Gasteiger partial charge in [-0.15, -0.1) is 0 Å². The molecule has 1 saturated carbocycles. The average molecular weight is 471 g/mol. The zero-order valence-corrected chi connectivity index (χ0v) is 20.2. The number of morpholine rings is 1. The number of nitrogens with one attached hydrogen (secondary N) is 3. The molecule has 2 fully saturated rings. The number of aliphatic hydroxyl groups excluding tert-OH is 1. The number of aliphatic hydroxyl groups is 1. The Bertz CT molecular complexity index is 977. The van der Waals surface area contributed by atoms with Crippen LogP contribution in [0.3, 0.4) is 0 Å². The van der Waals surface area contributed by atoms with E-state index in [1.807, 2.05) is 0 Å². The van der Waals surface area contributed by atoms with Crippen LogP contribution in [-0.2, 0) is 11.3 Å². The minimum Gasteiger partial charge on any atom is -0.393 e. The maximum Gasteiger partial charge on any atom is 0.190 e. The van der Waals surface area contributed by atoms with Crippen LogP contribution in [0.1, 0.15) is 50.8 Å². The molecule has 1 saturated heterocycles. The molecule has 1 aliphatic carbocycles. The first-order valence-electron chi connectivity index (χ1n) is 12.0. The number of thiazole rings is 1. The number of hydrogen-bond donors (Lipinski definition) is 4. The number of anilines is 4. The summed E-state index contributed by atoms with van der Waals surface area (Å²) >= 11 is 1.61. The molecule has 3 aliphatic rings. The van der Waals surface area contributed by atoms with Gasteiger partial charge >= 0.3 is 0 Å². The molecule has 2 aromatic heterocycles. The van der Waals surface area contributed by atoms with E-state index in [9.17, 15) is 5.11 Å². The van der Waals surface area contributed by atoms with E-state index in [-0.39, 0.29) is 18.3 Å². The lowest BCUT2D eigenvalue weighted by Gasteiger charge is -2.35. The van der Waals surface area contributed by atoms with Gasteiger partial charge in [0, 0.05) is 32.2 Å². The molecule has 178 valence electrons. The van der Waals surface area contributed by atoms with Crippen LogP contribution >= 0.6 is 11.3 Å². The van der Waals surface area contributed by atoms with Crippen LogP contribution in [-0.4, -0.2) is 64.0 Å². The summed E-state index contributed by atoms with van der Waals surface area (Å²) in [5.41, 5.74) is 2.19. The summed E-state index contributed by atoms with van der Waals surface area (Å²) in [7, 11) is 0. The second-order valence-corrected chi connectivity index (χ2v) is 10.5. The molecule has 4 heterocycles. The Labute approximate surface area is 199 Å². The van der Waals surface area contributed by atoms with Gasteiger partial charge in [0.25, 0.3) is 0 Å². The van der Waals surface area contributed by atoms with Gasteiger partial charge in [0.1, 0.15) is 16.6 Å². The highest BCUT2D eigenvalue weighted by molar-refractivity contribution is 7.19. The fourth-order valence-corrected chi connectivity index (χ4v) is 5.84. The first-order chi connectivity index (χ1) is 16.0. The van der Waals surface area contributed by atoms with Crippen molar-refractivity contribution >= 4 is 39.2 Å². The lowest BCUT2D eigenvalue weighted by atomic mass is 9.93. The highest BCUT2D eigenvalue weighted by atomic mass is 32.1. The Morgan fingerprint density at radius 2 is 1.88 bits per heavy atom. The SMILES string of the molecule is CC1CN(Cc2cc(Nc3nc4c(s3)NCC=C4)nc(NC3CCC(O)CC3)c2)CC(C)O1. The van der Waals surface area contributed by atoms with E-state index in [1.165, 1.54) is 5.56 Å². The smallest absolute Gasteiger partial charge is 0.190 e. The van der Waals surface area contributed by atoms with E-state index in [0.29, 0.717) is 6.04 Å². The molecule has 33 heavy (non-hydrogen) atoms. The summed E-state index contributed by atoms with van der Waals surface area (Å²) in [6.07, 6.45) is 8.07. The molecule has 4 N–H and O–H groups in total. The van der Waals surface area contributed by atoms with Crippen molar-refractivity contribution in [3.63, 3.8) is 0 Å². The van der Waals surface area contributed by atoms with Crippen molar-refractivity contribution in [1.29, 1.82) is 0 Å². The number of rotatable bonds is 6. The van der Waals surface area contributed by atoms with Gasteiger partial charge in [-0.1, -0.05) is 17.4 Å². The molecule has 2 aliphatic heterocycles. The maximum atomic E-state index is 9.86. The van der Waals surface area contributed by atoms with Crippen LogP contribution in [0.4, 0.5) is 21.8 Å². The van der Waals surface area contributed by atoms with E-state index in [4.69, 9.17) is 14.7 Å². The third-order valence-corrected chi connectivity index (χ3v) is 7.32. The number of ether oxygens (including phenoxy) is 1. The summed E-state index contributed by atoms with van der Waals surface area (Å²) in [6.45, 7) is 7.82. The van der Waals surface area contributed by atoms with Crippen molar-refractivity contribution < 1.29 is 9.84 Å². The van der Waals surface area contributed by atoms with Gasteiger partial charge in [-0.2, -0.15) is 0 Å². The number of hydrogen-bond acceptors (Lipinski definition) is 9. The fourth-order valence-electron chi connectivity index (χ4n) is 4.97. The second-order valence-electron chi connectivity index (χ2n) is 9.49. The first-order valence-corrected chi connectivity index (χ1v) is 12.8. The Morgan fingerprint density at radius 3 is 2.64 bits per heavy atom. The molecule has 0 aromatic carbocycles. The Balaban J connectivity index is 1.36. The molecule has 0 spiro atoms. The third-order valence-electron chi connectivity index (χ3n) is 6.38. The molecular formula is C24H34N6O2S. The van der Waals surface area contributed by atoms with Gasteiger partial charge in [0.05, 0.1) is 24.0 Å². The van der Waals surface area contributed by atoms with E-state index in [0.717, 1.165) is 79.3 Å². The highest BCUT2D eigenvalue weighted by Crippen LogP contribution is 2.33. The average Bonchev–Trinajstić information content (AvgIpc) is 3.17. The van der Waals surface area contributed by atoms with E-state index in [2.05, 4.69) is 59.0 Å². The van der Waals surface area contributed by atoms with Gasteiger partial charge in [-0.25, -0.2) is 9.97 Å². The van der Waals surface area contributed by atoms with E-state index >= 15 is 0 Å². The molecular weight excluding hydrogens is 436 g/mol. The predicted octanol–water partition coefficient (Wildman–Crippen LogP) is 4.05. The summed E-state index contributed by atoms with van der Waals surface area (Å²) < 4.78 is 5.91. The van der Waals surface area contributed by atoms with Crippen molar-refractivity contribution in [2.75, 3.05) is 35.6 Å². The monoisotopic (exact) mass is 470 g/mol. The minimum absolute atomic E-state index is 0.163. The number of pyridine rings is 1. The highest BCUT2D eigenvalue weighted by Gasteiger charge is 2.23. The summed E-state index contributed by atoms with van der Waals surface area (Å²) in [4.78, 5) is 12.0. The molecule has 2 unspecified atom stereocenters. The lowest BCUT2D eigenvalue weighted by molar-refractivity contribution is -0.0704. The zero-order valence-electron chi connectivity index (χ0n) is 19.4. The van der Waals surface area contributed by atoms with Crippen molar-refractivity contribution in [2.45, 2.75) is 70.4 Å².